The van der Waals surface area contributed by atoms with Gasteiger partial charge in [0.05, 0.1) is 5.60 Å². The number of rotatable bonds is 4. The Morgan fingerprint density at radius 3 is 2.84 bits per heavy atom. The summed E-state index contributed by atoms with van der Waals surface area (Å²) in [5.41, 5.74) is 0.172. The van der Waals surface area contributed by atoms with Crippen LogP contribution in [0.25, 0.3) is 0 Å². The molecule has 0 bridgehead atoms. The Morgan fingerprint density at radius 1 is 1.37 bits per heavy atom. The number of hydrogen-bond donors (Lipinski definition) is 1. The molecular formula is C17H25FO. The van der Waals surface area contributed by atoms with Gasteiger partial charge in [-0.25, -0.2) is 4.39 Å². The van der Waals surface area contributed by atoms with Crippen LogP contribution in [0.5, 0.6) is 0 Å². The first kappa shape index (κ1) is 14.5. The monoisotopic (exact) mass is 264 g/mol. The van der Waals surface area contributed by atoms with E-state index >= 15 is 0 Å². The molecule has 0 saturated heterocycles. The number of halogens is 1. The standard InChI is InChI=1S/C17H25FO/c1-3-13-6-4-8-15(10-13)17(2,19)12-14-7-5-9-16(18)11-14/h5,7,9,11,13,15,19H,3-4,6,8,10,12H2,1-2H3. The van der Waals surface area contributed by atoms with E-state index in [1.165, 1.54) is 31.4 Å². The van der Waals surface area contributed by atoms with Crippen LogP contribution in [0.3, 0.4) is 0 Å². The molecule has 2 heteroatoms. The molecule has 1 saturated carbocycles. The Bertz CT molecular complexity index is 413. The Labute approximate surface area is 115 Å². The first-order chi connectivity index (χ1) is 9.01. The zero-order valence-corrected chi connectivity index (χ0v) is 12.0. The van der Waals surface area contributed by atoms with Crippen molar-refractivity contribution in [2.45, 2.75) is 58.0 Å². The molecule has 0 heterocycles. The lowest BCUT2D eigenvalue weighted by molar-refractivity contribution is -0.0256. The molecule has 0 aliphatic heterocycles. The SMILES string of the molecule is CCC1CCCC(C(C)(O)Cc2cccc(F)c2)C1. The van der Waals surface area contributed by atoms with Crippen LogP contribution < -0.4 is 0 Å². The molecule has 19 heavy (non-hydrogen) atoms. The molecule has 3 atom stereocenters. The van der Waals surface area contributed by atoms with Gasteiger partial charge >= 0.3 is 0 Å². The topological polar surface area (TPSA) is 20.2 Å². The molecule has 1 nitrogen and oxygen atoms in total. The summed E-state index contributed by atoms with van der Waals surface area (Å²) in [6.07, 6.45) is 6.46. The van der Waals surface area contributed by atoms with Crippen LogP contribution in [0, 0.1) is 17.7 Å². The molecule has 0 amide bonds. The summed E-state index contributed by atoms with van der Waals surface area (Å²) in [6.45, 7) is 4.15. The van der Waals surface area contributed by atoms with Crippen molar-refractivity contribution < 1.29 is 9.50 Å². The van der Waals surface area contributed by atoms with Gasteiger partial charge in [-0.15, -0.1) is 0 Å². The quantitative estimate of drug-likeness (QED) is 0.858. The first-order valence-corrected chi connectivity index (χ1v) is 7.48. The van der Waals surface area contributed by atoms with Gasteiger partial charge in [-0.05, 0) is 49.3 Å². The minimum atomic E-state index is -0.721. The maximum atomic E-state index is 13.2. The highest BCUT2D eigenvalue weighted by Gasteiger charge is 2.35. The highest BCUT2D eigenvalue weighted by Crippen LogP contribution is 2.38. The Morgan fingerprint density at radius 2 is 2.16 bits per heavy atom. The van der Waals surface area contributed by atoms with Crippen molar-refractivity contribution in [2.24, 2.45) is 11.8 Å². The van der Waals surface area contributed by atoms with E-state index in [1.807, 2.05) is 13.0 Å². The molecule has 3 unspecified atom stereocenters. The lowest BCUT2D eigenvalue weighted by Crippen LogP contribution is -2.39. The van der Waals surface area contributed by atoms with Crippen molar-refractivity contribution in [2.75, 3.05) is 0 Å². The number of hydrogen-bond acceptors (Lipinski definition) is 1. The fourth-order valence-electron chi connectivity index (χ4n) is 3.43. The molecule has 2 rings (SSSR count). The summed E-state index contributed by atoms with van der Waals surface area (Å²) in [6, 6.07) is 6.61. The van der Waals surface area contributed by atoms with E-state index in [-0.39, 0.29) is 5.82 Å². The van der Waals surface area contributed by atoms with Gasteiger partial charge in [0.1, 0.15) is 5.82 Å². The van der Waals surface area contributed by atoms with Crippen molar-refractivity contribution in [3.8, 4) is 0 Å². The van der Waals surface area contributed by atoms with Gasteiger partial charge in [0, 0.05) is 6.42 Å². The molecule has 106 valence electrons. The van der Waals surface area contributed by atoms with Gasteiger partial charge in [0.15, 0.2) is 0 Å². The Kier molecular flexibility index (Phi) is 4.62. The van der Waals surface area contributed by atoms with Crippen LogP contribution in [0.2, 0.25) is 0 Å². The molecule has 1 aliphatic carbocycles. The van der Waals surface area contributed by atoms with Crippen molar-refractivity contribution in [3.63, 3.8) is 0 Å². The smallest absolute Gasteiger partial charge is 0.123 e. The van der Waals surface area contributed by atoms with Crippen LogP contribution in [0.1, 0.15) is 51.5 Å². The predicted molar refractivity (Wildman–Crippen MR) is 76.5 cm³/mol. The Hall–Kier alpha value is -0.890. The van der Waals surface area contributed by atoms with E-state index in [0.717, 1.165) is 24.3 Å². The summed E-state index contributed by atoms with van der Waals surface area (Å²) >= 11 is 0. The summed E-state index contributed by atoms with van der Waals surface area (Å²) in [7, 11) is 0. The summed E-state index contributed by atoms with van der Waals surface area (Å²) in [4.78, 5) is 0. The van der Waals surface area contributed by atoms with Crippen LogP contribution >= 0.6 is 0 Å². The molecule has 1 fully saturated rings. The highest BCUT2D eigenvalue weighted by atomic mass is 19.1. The van der Waals surface area contributed by atoms with E-state index in [1.54, 1.807) is 6.07 Å². The Balaban J connectivity index is 2.04. The maximum absolute atomic E-state index is 13.2. The van der Waals surface area contributed by atoms with Crippen LogP contribution in [0.4, 0.5) is 4.39 Å². The molecule has 0 aromatic heterocycles. The second kappa shape index (κ2) is 6.04. The summed E-state index contributed by atoms with van der Waals surface area (Å²) < 4.78 is 13.2. The zero-order valence-electron chi connectivity index (χ0n) is 12.0. The van der Waals surface area contributed by atoms with Crippen molar-refractivity contribution in [3.05, 3.63) is 35.6 Å². The fourth-order valence-corrected chi connectivity index (χ4v) is 3.43. The molecule has 0 radical (unpaired) electrons. The minimum absolute atomic E-state index is 0.219. The average molecular weight is 264 g/mol. The van der Waals surface area contributed by atoms with Crippen molar-refractivity contribution >= 4 is 0 Å². The number of benzene rings is 1. The summed E-state index contributed by atoms with van der Waals surface area (Å²) in [5.74, 6) is 0.871. The minimum Gasteiger partial charge on any atom is -0.390 e. The molecule has 1 aliphatic rings. The third-order valence-corrected chi connectivity index (χ3v) is 4.69. The molecule has 1 aromatic rings. The highest BCUT2D eigenvalue weighted by molar-refractivity contribution is 5.18. The first-order valence-electron chi connectivity index (χ1n) is 7.48. The summed E-state index contributed by atoms with van der Waals surface area (Å²) in [5, 5.41) is 10.8. The van der Waals surface area contributed by atoms with Gasteiger partial charge in [0.2, 0.25) is 0 Å². The van der Waals surface area contributed by atoms with Crippen LogP contribution in [0.15, 0.2) is 24.3 Å². The van der Waals surface area contributed by atoms with E-state index in [2.05, 4.69) is 6.92 Å². The van der Waals surface area contributed by atoms with E-state index in [0.29, 0.717) is 12.3 Å². The van der Waals surface area contributed by atoms with Gasteiger partial charge in [0.25, 0.3) is 0 Å². The second-order valence-electron chi connectivity index (χ2n) is 6.30. The normalized spacial score (nSPS) is 26.9. The van der Waals surface area contributed by atoms with E-state index in [9.17, 15) is 9.50 Å². The molecular weight excluding hydrogens is 239 g/mol. The van der Waals surface area contributed by atoms with Crippen LogP contribution in [-0.4, -0.2) is 10.7 Å². The third-order valence-electron chi connectivity index (χ3n) is 4.69. The van der Waals surface area contributed by atoms with E-state index in [4.69, 9.17) is 0 Å². The van der Waals surface area contributed by atoms with Crippen molar-refractivity contribution in [1.82, 2.24) is 0 Å². The number of aliphatic hydroxyl groups is 1. The zero-order chi connectivity index (χ0) is 13.9. The second-order valence-corrected chi connectivity index (χ2v) is 6.30. The van der Waals surface area contributed by atoms with Gasteiger partial charge < -0.3 is 5.11 Å². The fraction of sp³-hybridized carbons (Fsp3) is 0.647. The lowest BCUT2D eigenvalue weighted by atomic mass is 9.71. The molecule has 0 spiro atoms. The van der Waals surface area contributed by atoms with Gasteiger partial charge in [-0.2, -0.15) is 0 Å². The van der Waals surface area contributed by atoms with Crippen LogP contribution in [-0.2, 0) is 6.42 Å². The molecule has 1 N–H and O–H groups in total. The predicted octanol–water partition coefficient (Wildman–Crippen LogP) is 4.34. The van der Waals surface area contributed by atoms with Crippen molar-refractivity contribution in [1.29, 1.82) is 0 Å². The van der Waals surface area contributed by atoms with Gasteiger partial charge in [-0.3, -0.25) is 0 Å². The lowest BCUT2D eigenvalue weighted by Gasteiger charge is -2.38. The van der Waals surface area contributed by atoms with Gasteiger partial charge in [-0.1, -0.05) is 38.3 Å². The average Bonchev–Trinajstić information content (AvgIpc) is 2.38. The molecule has 1 aromatic carbocycles. The third kappa shape index (κ3) is 3.79. The maximum Gasteiger partial charge on any atom is 0.123 e. The largest absolute Gasteiger partial charge is 0.390 e. The van der Waals surface area contributed by atoms with E-state index < -0.39 is 5.60 Å².